The predicted octanol–water partition coefficient (Wildman–Crippen LogP) is 3.30. The zero-order valence-electron chi connectivity index (χ0n) is 17.5. The van der Waals surface area contributed by atoms with Crippen molar-refractivity contribution in [1.82, 2.24) is 9.97 Å². The molecule has 1 aliphatic heterocycles. The fraction of sp³-hybridized carbons (Fsp3) is 0.333. The lowest BCUT2D eigenvalue weighted by Crippen LogP contribution is -2.27. The number of nitrogens with one attached hydrogen (secondary N) is 1. The van der Waals surface area contributed by atoms with Gasteiger partial charge < -0.3 is 14.5 Å². The van der Waals surface area contributed by atoms with Crippen LogP contribution in [0.2, 0.25) is 0 Å². The minimum absolute atomic E-state index is 0.0207. The normalized spacial score (nSPS) is 16.5. The molecular formula is C21H24N4O4S2. The van der Waals surface area contributed by atoms with E-state index < -0.39 is 10.0 Å². The van der Waals surface area contributed by atoms with Gasteiger partial charge in [0.05, 0.1) is 29.5 Å². The Bertz CT molecular complexity index is 1210. The zero-order chi connectivity index (χ0) is 22.0. The van der Waals surface area contributed by atoms with Crippen LogP contribution < -0.4 is 9.04 Å². The van der Waals surface area contributed by atoms with Gasteiger partial charge in [-0.25, -0.2) is 4.98 Å². The van der Waals surface area contributed by atoms with Crippen LogP contribution in [0.3, 0.4) is 0 Å². The first kappa shape index (κ1) is 21.7. The molecule has 0 saturated carbocycles. The minimum Gasteiger partial charge on any atom is -0.491 e. The summed E-state index contributed by atoms with van der Waals surface area (Å²) in [4.78, 5) is 12.1. The van der Waals surface area contributed by atoms with Gasteiger partial charge in [0.1, 0.15) is 17.4 Å². The number of hydrogen-bond acceptors (Lipinski definition) is 7. The van der Waals surface area contributed by atoms with Gasteiger partial charge in [0.25, 0.3) is 10.0 Å². The summed E-state index contributed by atoms with van der Waals surface area (Å²) in [5.41, 5.74) is 2.03. The summed E-state index contributed by atoms with van der Waals surface area (Å²) >= 11 is 1.69. The summed E-state index contributed by atoms with van der Waals surface area (Å²) in [5.74, 6) is 1.49. The Balaban J connectivity index is 1.81. The number of aliphatic imine (C=N–C) groups is 1. The van der Waals surface area contributed by atoms with Crippen molar-refractivity contribution in [3.8, 4) is 5.75 Å². The molecule has 0 saturated heterocycles. The van der Waals surface area contributed by atoms with Gasteiger partial charge in [0, 0.05) is 37.6 Å². The van der Waals surface area contributed by atoms with E-state index >= 15 is 0 Å². The number of benzene rings is 1. The summed E-state index contributed by atoms with van der Waals surface area (Å²) in [6, 6.07) is 10.6. The predicted molar refractivity (Wildman–Crippen MR) is 124 cm³/mol. The summed E-state index contributed by atoms with van der Waals surface area (Å²) < 4.78 is 38.5. The number of rotatable bonds is 8. The number of sulfonamides is 1. The van der Waals surface area contributed by atoms with Crippen molar-refractivity contribution in [2.24, 2.45) is 4.99 Å². The van der Waals surface area contributed by atoms with Crippen LogP contribution in [0.25, 0.3) is 10.9 Å². The number of fused-ring (bicyclic) bond motifs is 1. The van der Waals surface area contributed by atoms with E-state index in [1.54, 1.807) is 37.1 Å². The monoisotopic (exact) mass is 460 g/mol. The Kier molecular flexibility index (Phi) is 6.22. The van der Waals surface area contributed by atoms with Gasteiger partial charge in [-0.1, -0.05) is 6.07 Å². The summed E-state index contributed by atoms with van der Waals surface area (Å²) in [5, 5.41) is 1.74. The highest BCUT2D eigenvalue weighted by Gasteiger charge is 2.26. The molecule has 0 fully saturated rings. The van der Waals surface area contributed by atoms with Crippen molar-refractivity contribution in [2.45, 2.75) is 18.0 Å². The Morgan fingerprint density at radius 2 is 2.10 bits per heavy atom. The van der Waals surface area contributed by atoms with Gasteiger partial charge in [-0.15, -0.1) is 11.8 Å². The smallest absolute Gasteiger partial charge is 0.281 e. The molecule has 3 heterocycles. The van der Waals surface area contributed by atoms with Crippen LogP contribution in [-0.4, -0.2) is 62.6 Å². The molecule has 31 heavy (non-hydrogen) atoms. The molecule has 164 valence electrons. The van der Waals surface area contributed by atoms with Gasteiger partial charge >= 0.3 is 0 Å². The van der Waals surface area contributed by atoms with Gasteiger partial charge in [-0.3, -0.25) is 9.30 Å². The van der Waals surface area contributed by atoms with Crippen LogP contribution in [0.15, 0.2) is 52.6 Å². The summed E-state index contributed by atoms with van der Waals surface area (Å²) in [6.45, 7) is 2.86. The SMILES string of the molecule is COCCOc1cc(N(C)S(=O)(=O)c2ccccn2)c2[nH]c(C3=N[C@H](C)CS3)cc2c1. The van der Waals surface area contributed by atoms with Crippen LogP contribution in [-0.2, 0) is 14.8 Å². The molecule has 1 atom stereocenters. The van der Waals surface area contributed by atoms with E-state index in [1.807, 2.05) is 12.1 Å². The molecule has 0 radical (unpaired) electrons. The van der Waals surface area contributed by atoms with Gasteiger partial charge in [-0.2, -0.15) is 8.42 Å². The molecule has 0 spiro atoms. The molecule has 3 aromatic rings. The molecule has 2 aromatic heterocycles. The van der Waals surface area contributed by atoms with Crippen molar-refractivity contribution >= 4 is 43.4 Å². The van der Waals surface area contributed by atoms with Crippen LogP contribution in [0.4, 0.5) is 5.69 Å². The topological polar surface area (TPSA) is 96.9 Å². The molecule has 0 bridgehead atoms. The number of pyridine rings is 1. The maximum atomic E-state index is 13.2. The number of nitrogens with zero attached hydrogens (tertiary/aromatic N) is 3. The maximum Gasteiger partial charge on any atom is 0.281 e. The average molecular weight is 461 g/mol. The fourth-order valence-corrected chi connectivity index (χ4v) is 5.40. The van der Waals surface area contributed by atoms with Gasteiger partial charge in [0.15, 0.2) is 5.03 Å². The van der Waals surface area contributed by atoms with Gasteiger partial charge in [-0.05, 0) is 31.2 Å². The van der Waals surface area contributed by atoms with E-state index in [-0.39, 0.29) is 11.1 Å². The summed E-state index contributed by atoms with van der Waals surface area (Å²) in [6.07, 6.45) is 1.46. The highest BCUT2D eigenvalue weighted by Crippen LogP contribution is 2.35. The number of hydrogen-bond donors (Lipinski definition) is 1. The molecule has 1 aromatic carbocycles. The number of ether oxygens (including phenoxy) is 2. The molecule has 10 heteroatoms. The Morgan fingerprint density at radius 1 is 1.26 bits per heavy atom. The van der Waals surface area contributed by atoms with Crippen molar-refractivity contribution in [3.05, 3.63) is 48.3 Å². The lowest BCUT2D eigenvalue weighted by molar-refractivity contribution is 0.146. The third-order valence-corrected chi connectivity index (χ3v) is 7.80. The van der Waals surface area contributed by atoms with E-state index in [0.717, 1.165) is 21.9 Å². The summed E-state index contributed by atoms with van der Waals surface area (Å²) in [7, 11) is -0.740. The quantitative estimate of drug-likeness (QED) is 0.518. The zero-order valence-corrected chi connectivity index (χ0v) is 19.2. The molecular weight excluding hydrogens is 436 g/mol. The molecule has 8 nitrogen and oxygen atoms in total. The highest BCUT2D eigenvalue weighted by molar-refractivity contribution is 8.14. The second-order valence-electron chi connectivity index (χ2n) is 7.17. The van der Waals surface area contributed by atoms with E-state index in [1.165, 1.54) is 23.6 Å². The van der Waals surface area contributed by atoms with E-state index in [0.29, 0.717) is 30.2 Å². The molecule has 4 rings (SSSR count). The second kappa shape index (κ2) is 8.89. The van der Waals surface area contributed by atoms with Crippen LogP contribution in [0, 0.1) is 0 Å². The van der Waals surface area contributed by atoms with Crippen molar-refractivity contribution in [3.63, 3.8) is 0 Å². The number of H-pyrrole nitrogens is 1. The average Bonchev–Trinajstić information content (AvgIpc) is 3.39. The number of methoxy groups -OCH3 is 1. The molecule has 0 aliphatic carbocycles. The standard InChI is InChI=1S/C21H24N4O4S2/c1-14-13-30-21(23-14)17-11-15-10-16(29-9-8-28-3)12-18(20(15)24-17)25(2)31(26,27)19-6-4-5-7-22-19/h4-7,10-12,14,24H,8-9,13H2,1-3H3/t14-/m1/s1. The highest BCUT2D eigenvalue weighted by atomic mass is 32.2. The molecule has 0 amide bonds. The van der Waals surface area contributed by atoms with Gasteiger partial charge in [0.2, 0.25) is 0 Å². The van der Waals surface area contributed by atoms with E-state index in [9.17, 15) is 8.42 Å². The van der Waals surface area contributed by atoms with Crippen molar-refractivity contribution < 1.29 is 17.9 Å². The lowest BCUT2D eigenvalue weighted by Gasteiger charge is -2.20. The number of aromatic amines is 1. The molecule has 1 aliphatic rings. The van der Waals surface area contributed by atoms with E-state index in [4.69, 9.17) is 9.47 Å². The number of anilines is 1. The van der Waals surface area contributed by atoms with Crippen LogP contribution >= 0.6 is 11.8 Å². The second-order valence-corrected chi connectivity index (χ2v) is 10.1. The Hall–Kier alpha value is -2.56. The van der Waals surface area contributed by atoms with Crippen LogP contribution in [0.5, 0.6) is 5.75 Å². The first-order valence-electron chi connectivity index (χ1n) is 9.79. The fourth-order valence-electron chi connectivity index (χ4n) is 3.28. The largest absolute Gasteiger partial charge is 0.491 e. The first-order chi connectivity index (χ1) is 14.9. The van der Waals surface area contributed by atoms with E-state index in [2.05, 4.69) is 21.9 Å². The van der Waals surface area contributed by atoms with Crippen molar-refractivity contribution in [1.29, 1.82) is 0 Å². The van der Waals surface area contributed by atoms with Crippen molar-refractivity contribution in [2.75, 3.05) is 37.4 Å². The Morgan fingerprint density at radius 3 is 2.77 bits per heavy atom. The third-order valence-electron chi connectivity index (χ3n) is 4.87. The maximum absolute atomic E-state index is 13.2. The Labute approximate surface area is 185 Å². The third kappa shape index (κ3) is 4.41. The minimum atomic E-state index is -3.86. The first-order valence-corrected chi connectivity index (χ1v) is 12.2. The molecule has 1 N–H and O–H groups in total. The van der Waals surface area contributed by atoms with Crippen LogP contribution in [0.1, 0.15) is 12.6 Å². The number of aromatic nitrogens is 2. The number of thioether (sulfide) groups is 1. The lowest BCUT2D eigenvalue weighted by atomic mass is 10.2. The molecule has 0 unspecified atom stereocenters.